The quantitative estimate of drug-likeness (QED) is 0.761. The molecule has 0 aromatic heterocycles. The monoisotopic (exact) mass is 443 g/mol. The summed E-state index contributed by atoms with van der Waals surface area (Å²) in [5, 5.41) is 2.76. The molecule has 0 bridgehead atoms. The molecule has 2 aliphatic rings. The van der Waals surface area contributed by atoms with Gasteiger partial charge in [0.2, 0.25) is 0 Å². The van der Waals surface area contributed by atoms with Crippen LogP contribution in [0.3, 0.4) is 0 Å². The van der Waals surface area contributed by atoms with E-state index in [4.69, 9.17) is 14.2 Å². The zero-order valence-corrected chi connectivity index (χ0v) is 17.8. The van der Waals surface area contributed by atoms with Crippen molar-refractivity contribution in [3.63, 3.8) is 0 Å². The van der Waals surface area contributed by atoms with E-state index >= 15 is 0 Å². The fourth-order valence-corrected chi connectivity index (χ4v) is 4.26. The van der Waals surface area contributed by atoms with Crippen molar-refractivity contribution < 1.29 is 27.4 Å². The molecule has 31 heavy (non-hydrogen) atoms. The SMILES string of the molecule is COc1ccc(CN2C=C(C(=O)Nc3ccc4c(c3)OCCO4)C(C)=NS2(=O)=O)cc1. The van der Waals surface area contributed by atoms with Crippen molar-refractivity contribution in [1.29, 1.82) is 0 Å². The van der Waals surface area contributed by atoms with Gasteiger partial charge in [-0.3, -0.25) is 9.10 Å². The number of benzene rings is 2. The fraction of sp³-hybridized carbons (Fsp3) is 0.238. The highest BCUT2D eigenvalue weighted by molar-refractivity contribution is 7.88. The second-order valence-electron chi connectivity index (χ2n) is 6.90. The molecule has 0 unspecified atom stereocenters. The maximum atomic E-state index is 12.9. The minimum atomic E-state index is -3.94. The van der Waals surface area contributed by atoms with Crippen molar-refractivity contribution >= 4 is 27.5 Å². The van der Waals surface area contributed by atoms with E-state index in [9.17, 15) is 13.2 Å². The number of amides is 1. The zero-order valence-electron chi connectivity index (χ0n) is 17.0. The number of nitrogens with one attached hydrogen (secondary N) is 1. The Morgan fingerprint density at radius 1 is 1.13 bits per heavy atom. The van der Waals surface area contributed by atoms with Crippen molar-refractivity contribution in [2.24, 2.45) is 4.40 Å². The van der Waals surface area contributed by atoms with Crippen LogP contribution < -0.4 is 19.5 Å². The number of nitrogens with zero attached hydrogens (tertiary/aromatic N) is 2. The first-order valence-electron chi connectivity index (χ1n) is 9.50. The molecule has 0 fully saturated rings. The number of carbonyl (C=O) groups excluding carboxylic acids is 1. The number of hydrogen-bond acceptors (Lipinski definition) is 6. The van der Waals surface area contributed by atoms with Gasteiger partial charge in [-0.15, -0.1) is 4.40 Å². The van der Waals surface area contributed by atoms with Crippen LogP contribution in [0.25, 0.3) is 0 Å². The molecule has 1 amide bonds. The third-order valence-corrected chi connectivity index (χ3v) is 6.09. The lowest BCUT2D eigenvalue weighted by Gasteiger charge is -2.24. The van der Waals surface area contributed by atoms with E-state index < -0.39 is 16.1 Å². The summed E-state index contributed by atoms with van der Waals surface area (Å²) in [4.78, 5) is 12.9. The molecule has 2 heterocycles. The highest BCUT2D eigenvalue weighted by Gasteiger charge is 2.28. The number of ether oxygens (including phenoxy) is 3. The molecule has 0 atom stereocenters. The molecule has 2 aromatic rings. The van der Waals surface area contributed by atoms with Crippen LogP contribution in [0.2, 0.25) is 0 Å². The molecule has 162 valence electrons. The van der Waals surface area contributed by atoms with Gasteiger partial charge in [0, 0.05) is 18.0 Å². The first-order valence-corrected chi connectivity index (χ1v) is 10.9. The van der Waals surface area contributed by atoms with Crippen LogP contribution in [-0.4, -0.2) is 44.7 Å². The third-order valence-electron chi connectivity index (χ3n) is 4.75. The minimum Gasteiger partial charge on any atom is -0.497 e. The lowest BCUT2D eigenvalue weighted by molar-refractivity contribution is -0.112. The molecule has 10 heteroatoms. The lowest BCUT2D eigenvalue weighted by atomic mass is 10.1. The average Bonchev–Trinajstić information content (AvgIpc) is 2.75. The number of hydrogen-bond donors (Lipinski definition) is 1. The van der Waals surface area contributed by atoms with Crippen LogP contribution >= 0.6 is 0 Å². The molecule has 0 aliphatic carbocycles. The van der Waals surface area contributed by atoms with Crippen LogP contribution in [0.5, 0.6) is 17.2 Å². The van der Waals surface area contributed by atoms with Gasteiger partial charge < -0.3 is 19.5 Å². The summed E-state index contributed by atoms with van der Waals surface area (Å²) in [6.07, 6.45) is 1.30. The summed E-state index contributed by atoms with van der Waals surface area (Å²) in [5.74, 6) is 1.33. The maximum Gasteiger partial charge on any atom is 0.344 e. The molecular formula is C21H21N3O6S. The van der Waals surface area contributed by atoms with Gasteiger partial charge in [-0.05, 0) is 36.8 Å². The van der Waals surface area contributed by atoms with Crippen LogP contribution in [0, 0.1) is 0 Å². The second-order valence-corrected chi connectivity index (χ2v) is 8.45. The molecule has 1 N–H and O–H groups in total. The van der Waals surface area contributed by atoms with E-state index in [-0.39, 0.29) is 17.8 Å². The standard InChI is InChI=1S/C21H21N3O6S/c1-14-18(21(25)22-16-5-8-19-20(11-16)30-10-9-29-19)13-24(31(26,27)23-14)12-15-3-6-17(28-2)7-4-15/h3-8,11,13H,9-10,12H2,1-2H3,(H,22,25). The van der Waals surface area contributed by atoms with Crippen molar-refractivity contribution in [3.05, 3.63) is 59.8 Å². The summed E-state index contributed by atoms with van der Waals surface area (Å²) in [5.41, 5.74) is 1.49. The summed E-state index contributed by atoms with van der Waals surface area (Å²) in [6, 6.07) is 12.0. The third kappa shape index (κ3) is 4.48. The molecular weight excluding hydrogens is 422 g/mol. The van der Waals surface area contributed by atoms with Crippen LogP contribution in [0.15, 0.2) is 58.6 Å². The number of fused-ring (bicyclic) bond motifs is 1. The first kappa shape index (κ1) is 20.7. The Hall–Kier alpha value is -3.53. The lowest BCUT2D eigenvalue weighted by Crippen LogP contribution is -2.32. The predicted molar refractivity (Wildman–Crippen MR) is 115 cm³/mol. The molecule has 0 radical (unpaired) electrons. The van der Waals surface area contributed by atoms with E-state index in [1.54, 1.807) is 49.6 Å². The van der Waals surface area contributed by atoms with Crippen molar-refractivity contribution in [2.75, 3.05) is 25.6 Å². The van der Waals surface area contributed by atoms with Gasteiger partial charge in [0.05, 0.1) is 24.9 Å². The van der Waals surface area contributed by atoms with Gasteiger partial charge in [0.15, 0.2) is 11.5 Å². The van der Waals surface area contributed by atoms with Gasteiger partial charge in [-0.1, -0.05) is 12.1 Å². The van der Waals surface area contributed by atoms with Crippen LogP contribution in [0.1, 0.15) is 12.5 Å². The predicted octanol–water partition coefficient (Wildman–Crippen LogP) is 2.51. The number of anilines is 1. The molecule has 0 spiro atoms. The minimum absolute atomic E-state index is 0.0317. The summed E-state index contributed by atoms with van der Waals surface area (Å²) in [6.45, 7) is 2.42. The van der Waals surface area contributed by atoms with Gasteiger partial charge in [-0.2, -0.15) is 8.42 Å². The number of methoxy groups -OCH3 is 1. The highest BCUT2D eigenvalue weighted by Crippen LogP contribution is 2.33. The summed E-state index contributed by atoms with van der Waals surface area (Å²) >= 11 is 0. The van der Waals surface area contributed by atoms with Gasteiger partial charge >= 0.3 is 10.2 Å². The molecule has 2 aliphatic heterocycles. The average molecular weight is 443 g/mol. The van der Waals surface area contributed by atoms with Crippen LogP contribution in [0.4, 0.5) is 5.69 Å². The smallest absolute Gasteiger partial charge is 0.344 e. The van der Waals surface area contributed by atoms with Gasteiger partial charge in [0.25, 0.3) is 5.91 Å². The Morgan fingerprint density at radius 3 is 2.55 bits per heavy atom. The first-order chi connectivity index (χ1) is 14.9. The topological polar surface area (TPSA) is 107 Å². The molecule has 0 saturated heterocycles. The Balaban J connectivity index is 1.55. The summed E-state index contributed by atoms with van der Waals surface area (Å²) < 4.78 is 45.9. The Kier molecular flexibility index (Phi) is 5.55. The van der Waals surface area contributed by atoms with Gasteiger partial charge in [0.1, 0.15) is 19.0 Å². The van der Waals surface area contributed by atoms with E-state index in [0.717, 1.165) is 9.87 Å². The van der Waals surface area contributed by atoms with Gasteiger partial charge in [-0.25, -0.2) is 0 Å². The largest absolute Gasteiger partial charge is 0.497 e. The Morgan fingerprint density at radius 2 is 1.84 bits per heavy atom. The Bertz CT molecular complexity index is 1170. The molecule has 4 rings (SSSR count). The summed E-state index contributed by atoms with van der Waals surface area (Å²) in [7, 11) is -2.39. The molecule has 0 saturated carbocycles. The number of rotatable bonds is 5. The highest BCUT2D eigenvalue weighted by atomic mass is 32.2. The molecule has 9 nitrogen and oxygen atoms in total. The number of carbonyl (C=O) groups is 1. The van der Waals surface area contributed by atoms with E-state index in [2.05, 4.69) is 9.71 Å². The second kappa shape index (κ2) is 8.31. The van der Waals surface area contributed by atoms with E-state index in [0.29, 0.717) is 36.1 Å². The normalized spacial score (nSPS) is 16.8. The Labute approximate surface area is 180 Å². The zero-order chi connectivity index (χ0) is 22.0. The van der Waals surface area contributed by atoms with Crippen molar-refractivity contribution in [2.45, 2.75) is 13.5 Å². The maximum absolute atomic E-state index is 12.9. The van der Waals surface area contributed by atoms with E-state index in [1.807, 2.05) is 0 Å². The molecule has 2 aromatic carbocycles. The van der Waals surface area contributed by atoms with E-state index in [1.165, 1.54) is 13.1 Å². The van der Waals surface area contributed by atoms with Crippen LogP contribution in [-0.2, 0) is 21.5 Å². The fourth-order valence-electron chi connectivity index (χ4n) is 3.16. The van der Waals surface area contributed by atoms with Crippen molar-refractivity contribution in [1.82, 2.24) is 4.31 Å². The van der Waals surface area contributed by atoms with Crippen molar-refractivity contribution in [3.8, 4) is 17.2 Å².